The van der Waals surface area contributed by atoms with Crippen molar-refractivity contribution in [2.24, 2.45) is 5.92 Å². The van der Waals surface area contributed by atoms with Crippen molar-refractivity contribution in [2.75, 3.05) is 9.96 Å². The average Bonchev–Trinajstić information content (AvgIpc) is 3.41. The summed E-state index contributed by atoms with van der Waals surface area (Å²) in [5.74, 6) is -1.10. The molecule has 2 amide bonds. The molecule has 2 aliphatic heterocycles. The van der Waals surface area contributed by atoms with Crippen LogP contribution in [0.4, 0.5) is 11.4 Å². The van der Waals surface area contributed by atoms with E-state index in [9.17, 15) is 9.59 Å². The van der Waals surface area contributed by atoms with E-state index in [2.05, 4.69) is 0 Å². The molecule has 3 heterocycles. The van der Waals surface area contributed by atoms with Crippen LogP contribution < -0.4 is 9.96 Å². The van der Waals surface area contributed by atoms with E-state index < -0.39 is 12.0 Å². The minimum Gasteiger partial charge on any atom is -0.273 e. The Morgan fingerprint density at radius 1 is 0.893 bits per heavy atom. The third kappa shape index (κ3) is 2.49. The van der Waals surface area contributed by atoms with Crippen LogP contribution in [0.2, 0.25) is 0 Å². The number of nitrogens with zero attached hydrogens (tertiary/aromatic N) is 2. The molecule has 5 nitrogen and oxygen atoms in total. The lowest BCUT2D eigenvalue weighted by Gasteiger charge is -2.28. The van der Waals surface area contributed by atoms with Crippen molar-refractivity contribution in [3.05, 3.63) is 82.6 Å². The van der Waals surface area contributed by atoms with Crippen molar-refractivity contribution >= 4 is 34.5 Å². The first-order valence-electron chi connectivity index (χ1n) is 9.15. The molecule has 0 saturated carbocycles. The van der Waals surface area contributed by atoms with Gasteiger partial charge in [0, 0.05) is 4.88 Å². The fraction of sp³-hybridized carbons (Fsp3) is 0.182. The van der Waals surface area contributed by atoms with E-state index in [-0.39, 0.29) is 17.9 Å². The van der Waals surface area contributed by atoms with Crippen LogP contribution in [0.15, 0.2) is 72.1 Å². The van der Waals surface area contributed by atoms with Crippen molar-refractivity contribution in [3.8, 4) is 0 Å². The van der Waals surface area contributed by atoms with E-state index in [1.54, 1.807) is 28.5 Å². The van der Waals surface area contributed by atoms with Crippen LogP contribution in [0.3, 0.4) is 0 Å². The SMILES string of the molecule is Cc1ccccc1N1O[C@H]2C(=O)N(c3ccccc3)C(=O)[C@@H]2[C@H]1c1cccs1. The predicted molar refractivity (Wildman–Crippen MR) is 108 cm³/mol. The van der Waals surface area contributed by atoms with Gasteiger partial charge < -0.3 is 0 Å². The van der Waals surface area contributed by atoms with E-state index in [1.165, 1.54) is 4.90 Å². The first-order valence-corrected chi connectivity index (χ1v) is 10.0. The van der Waals surface area contributed by atoms with Gasteiger partial charge in [-0.25, -0.2) is 9.96 Å². The number of rotatable bonds is 3. The number of para-hydroxylation sites is 2. The minimum absolute atomic E-state index is 0.212. The molecule has 2 aromatic carbocycles. The molecule has 0 aliphatic carbocycles. The van der Waals surface area contributed by atoms with Crippen molar-refractivity contribution < 1.29 is 14.4 Å². The summed E-state index contributed by atoms with van der Waals surface area (Å²) in [5.41, 5.74) is 2.49. The highest BCUT2D eigenvalue weighted by molar-refractivity contribution is 7.10. The highest BCUT2D eigenvalue weighted by Crippen LogP contribution is 2.49. The first-order chi connectivity index (χ1) is 13.7. The number of hydrogen-bond acceptors (Lipinski definition) is 5. The smallest absolute Gasteiger partial charge is 0.266 e. The largest absolute Gasteiger partial charge is 0.273 e. The third-order valence-electron chi connectivity index (χ3n) is 5.32. The summed E-state index contributed by atoms with van der Waals surface area (Å²) < 4.78 is 0. The number of thiophene rings is 1. The van der Waals surface area contributed by atoms with Gasteiger partial charge in [0.2, 0.25) is 5.91 Å². The van der Waals surface area contributed by atoms with Crippen LogP contribution in [-0.2, 0) is 14.4 Å². The fourth-order valence-electron chi connectivity index (χ4n) is 4.01. The van der Waals surface area contributed by atoms with Crippen LogP contribution in [0.25, 0.3) is 0 Å². The number of aryl methyl sites for hydroxylation is 1. The molecule has 28 heavy (non-hydrogen) atoms. The molecule has 0 N–H and O–H groups in total. The van der Waals surface area contributed by atoms with Crippen molar-refractivity contribution in [3.63, 3.8) is 0 Å². The summed E-state index contributed by atoms with van der Waals surface area (Å²) >= 11 is 1.57. The van der Waals surface area contributed by atoms with Gasteiger partial charge in [0.1, 0.15) is 12.0 Å². The van der Waals surface area contributed by atoms with Crippen molar-refractivity contribution in [1.29, 1.82) is 0 Å². The number of fused-ring (bicyclic) bond motifs is 1. The molecule has 0 radical (unpaired) electrons. The summed E-state index contributed by atoms with van der Waals surface area (Å²) in [6, 6.07) is 20.5. The lowest BCUT2D eigenvalue weighted by Crippen LogP contribution is -2.37. The van der Waals surface area contributed by atoms with Gasteiger partial charge in [-0.1, -0.05) is 42.5 Å². The Morgan fingerprint density at radius 2 is 1.64 bits per heavy atom. The molecule has 3 aromatic rings. The number of benzene rings is 2. The number of carbonyl (C=O) groups excluding carboxylic acids is 2. The summed E-state index contributed by atoms with van der Waals surface area (Å²) in [6.07, 6.45) is -0.820. The van der Waals surface area contributed by atoms with Gasteiger partial charge in [0.15, 0.2) is 6.10 Å². The van der Waals surface area contributed by atoms with Gasteiger partial charge in [-0.2, -0.15) is 0 Å². The zero-order chi connectivity index (χ0) is 19.3. The molecule has 2 fully saturated rings. The van der Waals surface area contributed by atoms with Gasteiger partial charge >= 0.3 is 0 Å². The summed E-state index contributed by atoms with van der Waals surface area (Å²) in [5, 5.41) is 3.74. The molecular formula is C22H18N2O3S. The second kappa shape index (κ2) is 6.58. The maximum atomic E-state index is 13.4. The monoisotopic (exact) mass is 390 g/mol. The zero-order valence-corrected chi connectivity index (χ0v) is 16.0. The maximum absolute atomic E-state index is 13.4. The van der Waals surface area contributed by atoms with Crippen molar-refractivity contribution in [2.45, 2.75) is 19.1 Å². The topological polar surface area (TPSA) is 49.9 Å². The molecule has 2 aliphatic rings. The molecule has 1 aromatic heterocycles. The summed E-state index contributed by atoms with van der Waals surface area (Å²) in [7, 11) is 0. The third-order valence-corrected chi connectivity index (χ3v) is 6.26. The highest BCUT2D eigenvalue weighted by atomic mass is 32.1. The van der Waals surface area contributed by atoms with Gasteiger partial charge in [-0.05, 0) is 42.1 Å². The van der Waals surface area contributed by atoms with Crippen LogP contribution in [0, 0.1) is 12.8 Å². The Bertz CT molecular complexity index is 1030. The summed E-state index contributed by atoms with van der Waals surface area (Å²) in [6.45, 7) is 2.00. The first kappa shape index (κ1) is 17.2. The number of carbonyl (C=O) groups is 2. The Labute approximate surface area is 166 Å². The van der Waals surface area contributed by atoms with E-state index in [1.807, 2.05) is 66.9 Å². The molecule has 0 unspecified atom stereocenters. The Balaban J connectivity index is 1.59. The van der Waals surface area contributed by atoms with E-state index in [0.717, 1.165) is 16.1 Å². The molecule has 0 spiro atoms. The van der Waals surface area contributed by atoms with E-state index in [0.29, 0.717) is 5.69 Å². The highest BCUT2D eigenvalue weighted by Gasteiger charge is 2.60. The second-order valence-electron chi connectivity index (χ2n) is 6.97. The number of amides is 2. The number of anilines is 2. The standard InChI is InChI=1S/C22H18N2O3S/c1-14-8-5-6-11-16(14)24-19(17-12-7-13-28-17)18-20(27-24)22(26)23(21(18)25)15-9-3-2-4-10-15/h2-13,18-20H,1H3/t18-,19-,20-/m1/s1. The number of hydroxylamine groups is 1. The molecule has 2 saturated heterocycles. The van der Waals surface area contributed by atoms with Crippen LogP contribution in [-0.4, -0.2) is 17.9 Å². The molecule has 6 heteroatoms. The molecule has 0 bridgehead atoms. The van der Waals surface area contributed by atoms with E-state index >= 15 is 0 Å². The Morgan fingerprint density at radius 3 is 2.36 bits per heavy atom. The van der Waals surface area contributed by atoms with Crippen LogP contribution >= 0.6 is 11.3 Å². The fourth-order valence-corrected chi connectivity index (χ4v) is 4.87. The van der Waals surface area contributed by atoms with Gasteiger partial charge in [0.05, 0.1) is 11.4 Å². The predicted octanol–water partition coefficient (Wildman–Crippen LogP) is 4.11. The van der Waals surface area contributed by atoms with Crippen LogP contribution in [0.1, 0.15) is 16.5 Å². The lowest BCUT2D eigenvalue weighted by atomic mass is 9.95. The quantitative estimate of drug-likeness (QED) is 0.632. The maximum Gasteiger partial charge on any atom is 0.266 e. The molecular weight excluding hydrogens is 372 g/mol. The second-order valence-corrected chi connectivity index (χ2v) is 7.95. The van der Waals surface area contributed by atoms with Crippen molar-refractivity contribution in [1.82, 2.24) is 0 Å². The van der Waals surface area contributed by atoms with Gasteiger partial charge in [-0.15, -0.1) is 11.3 Å². The normalized spacial score (nSPS) is 24.1. The molecule has 5 rings (SSSR count). The number of imide groups is 1. The van der Waals surface area contributed by atoms with Gasteiger partial charge in [0.25, 0.3) is 5.91 Å². The van der Waals surface area contributed by atoms with Crippen LogP contribution in [0.5, 0.6) is 0 Å². The molecule has 140 valence electrons. The Hall–Kier alpha value is -2.96. The average molecular weight is 390 g/mol. The molecule has 3 atom stereocenters. The van der Waals surface area contributed by atoms with Gasteiger partial charge in [-0.3, -0.25) is 14.4 Å². The number of hydrogen-bond donors (Lipinski definition) is 0. The Kier molecular flexibility index (Phi) is 4.03. The summed E-state index contributed by atoms with van der Waals surface area (Å²) in [4.78, 5) is 34.9. The van der Waals surface area contributed by atoms with E-state index in [4.69, 9.17) is 4.84 Å². The lowest BCUT2D eigenvalue weighted by molar-refractivity contribution is -0.126. The minimum atomic E-state index is -0.820. The zero-order valence-electron chi connectivity index (χ0n) is 15.2.